The van der Waals surface area contributed by atoms with Crippen LogP contribution in [0.25, 0.3) is 0 Å². The quantitative estimate of drug-likeness (QED) is 0.423. The van der Waals surface area contributed by atoms with Crippen LogP contribution in [0.15, 0.2) is 47.4 Å². The number of fused-ring (bicyclic) bond motifs is 1. The van der Waals surface area contributed by atoms with Gasteiger partial charge in [-0.2, -0.15) is 26.3 Å². The number of halogens is 6. The van der Waals surface area contributed by atoms with Gasteiger partial charge in [-0.1, -0.05) is 18.2 Å². The molecule has 1 unspecified atom stereocenters. The Morgan fingerprint density at radius 3 is 2.08 bits per heavy atom. The Morgan fingerprint density at radius 2 is 1.61 bits per heavy atom. The van der Waals surface area contributed by atoms with Crippen LogP contribution in [0.5, 0.6) is 0 Å². The largest absolute Gasteiger partial charge is 0.505 e. The van der Waals surface area contributed by atoms with Crippen LogP contribution in [0.2, 0.25) is 0 Å². The number of rotatable bonds is 6. The molecule has 0 fully saturated rings. The Bertz CT molecular complexity index is 1200. The molecular formula is C22H17F6N2O5S+. The van der Waals surface area contributed by atoms with Crippen molar-refractivity contribution in [2.24, 2.45) is 0 Å². The van der Waals surface area contributed by atoms with E-state index in [0.29, 0.717) is 28.2 Å². The first-order valence-electron chi connectivity index (χ1n) is 10.1. The minimum absolute atomic E-state index is 0.0188. The number of aliphatic carboxylic acids is 1. The van der Waals surface area contributed by atoms with Gasteiger partial charge in [-0.3, -0.25) is 14.4 Å². The van der Waals surface area contributed by atoms with Crippen LogP contribution < -0.4 is 5.32 Å². The van der Waals surface area contributed by atoms with E-state index in [2.05, 4.69) is 5.32 Å². The van der Waals surface area contributed by atoms with E-state index < -0.39 is 53.6 Å². The molecule has 2 amide bonds. The van der Waals surface area contributed by atoms with E-state index in [-0.39, 0.29) is 23.9 Å². The Morgan fingerprint density at radius 1 is 1.03 bits per heavy atom. The summed E-state index contributed by atoms with van der Waals surface area (Å²) in [5, 5.41) is 11.2. The summed E-state index contributed by atoms with van der Waals surface area (Å²) in [7, 11) is 0. The number of carbonyl (C=O) groups excluding carboxylic acids is 2. The zero-order valence-corrected chi connectivity index (χ0v) is 19.1. The number of carboxylic acids is 1. The van der Waals surface area contributed by atoms with Crippen molar-refractivity contribution in [3.05, 3.63) is 59.2 Å². The lowest BCUT2D eigenvalue weighted by Crippen LogP contribution is -2.55. The van der Waals surface area contributed by atoms with Gasteiger partial charge in [0.15, 0.2) is 5.41 Å². The van der Waals surface area contributed by atoms with Crippen molar-refractivity contribution >= 4 is 35.1 Å². The summed E-state index contributed by atoms with van der Waals surface area (Å²) in [6, 6.07) is 5.76. The molecule has 0 aromatic heterocycles. The van der Waals surface area contributed by atoms with E-state index in [1.54, 1.807) is 0 Å². The number of nitrogens with zero attached hydrogens (tertiary/aromatic N) is 1. The minimum Gasteiger partial charge on any atom is -0.481 e. The molecule has 7 nitrogen and oxygen atoms in total. The highest BCUT2D eigenvalue weighted by Crippen LogP contribution is 2.54. The summed E-state index contributed by atoms with van der Waals surface area (Å²) in [6.07, 6.45) is -14.2. The summed E-state index contributed by atoms with van der Waals surface area (Å²) in [4.78, 5) is 37.6. The van der Waals surface area contributed by atoms with Crippen molar-refractivity contribution in [3.63, 3.8) is 0 Å². The first-order valence-corrected chi connectivity index (χ1v) is 10.8. The van der Waals surface area contributed by atoms with Gasteiger partial charge in [-0.05, 0) is 28.8 Å². The van der Waals surface area contributed by atoms with E-state index in [1.807, 2.05) is 0 Å². The predicted molar refractivity (Wildman–Crippen MR) is 113 cm³/mol. The first kappa shape index (κ1) is 27.0. The summed E-state index contributed by atoms with van der Waals surface area (Å²) in [6.45, 7) is 1.23. The fourth-order valence-electron chi connectivity index (χ4n) is 4.12. The molecule has 0 radical (unpaired) electrons. The van der Waals surface area contributed by atoms with Crippen molar-refractivity contribution in [2.75, 3.05) is 5.32 Å². The van der Waals surface area contributed by atoms with Crippen molar-refractivity contribution < 1.29 is 50.0 Å². The minimum atomic E-state index is -5.98. The van der Waals surface area contributed by atoms with Crippen LogP contribution in [0.3, 0.4) is 0 Å². The average Bonchev–Trinajstić information content (AvgIpc) is 3.15. The molecule has 1 heterocycles. The number of hydrogen-bond acceptors (Lipinski definition) is 4. The standard InChI is InChI=1S/C22H16F6N2O5S/c1-11(31)30-10-12-8-15(36-35)6-7-16(12)18(30)19(34)29-14-4-2-13(3-5-14)20(9-17(32)33,21(23,24)25)22(26,27)28/h2-8,18H,9-10H2,1H3,(H-,29,32,33,34)/p+1. The average molecular weight is 535 g/mol. The molecule has 2 aromatic rings. The lowest BCUT2D eigenvalue weighted by molar-refractivity contribution is -0.304. The molecule has 1 atom stereocenters. The topological polar surface area (TPSA) is 104 Å². The van der Waals surface area contributed by atoms with Gasteiger partial charge < -0.3 is 15.3 Å². The highest BCUT2D eigenvalue weighted by Gasteiger charge is 2.72. The van der Waals surface area contributed by atoms with E-state index in [4.69, 9.17) is 5.11 Å². The molecule has 2 aromatic carbocycles. The van der Waals surface area contributed by atoms with Crippen LogP contribution in [0.4, 0.5) is 32.0 Å². The van der Waals surface area contributed by atoms with Crippen molar-refractivity contribution in [1.82, 2.24) is 4.90 Å². The second kappa shape index (κ2) is 9.48. The third kappa shape index (κ3) is 4.76. The summed E-state index contributed by atoms with van der Waals surface area (Å²) in [5.41, 5.74) is -5.26. The molecule has 36 heavy (non-hydrogen) atoms. The maximum absolute atomic E-state index is 13.6. The molecule has 3 rings (SSSR count). The van der Waals surface area contributed by atoms with E-state index in [9.17, 15) is 44.9 Å². The third-order valence-corrected chi connectivity index (χ3v) is 6.29. The lowest BCUT2D eigenvalue weighted by atomic mass is 9.76. The molecule has 2 N–H and O–H groups in total. The van der Waals surface area contributed by atoms with E-state index in [0.717, 1.165) is 12.1 Å². The van der Waals surface area contributed by atoms with Crippen molar-refractivity contribution in [1.29, 1.82) is 0 Å². The summed E-state index contributed by atoms with van der Waals surface area (Å²) >= 11 is 0.216. The number of alkyl halides is 6. The fourth-order valence-corrected chi connectivity index (χ4v) is 4.44. The van der Waals surface area contributed by atoms with Gasteiger partial charge in [-0.25, -0.2) is 0 Å². The summed E-state index contributed by atoms with van der Waals surface area (Å²) in [5.74, 6) is -3.57. The number of amides is 2. The number of carboxylic acid groups (broad SMARTS) is 1. The number of carbonyl (C=O) groups is 3. The smallest absolute Gasteiger partial charge is 0.481 e. The Labute approximate surface area is 203 Å². The van der Waals surface area contributed by atoms with E-state index in [1.165, 1.54) is 30.0 Å². The first-order chi connectivity index (χ1) is 16.6. The molecule has 1 aliphatic rings. The molecule has 0 spiro atoms. The zero-order chi connectivity index (χ0) is 27.1. The molecule has 0 aliphatic carbocycles. The van der Waals surface area contributed by atoms with Crippen LogP contribution in [-0.4, -0.2) is 40.1 Å². The number of benzene rings is 2. The number of nitrogens with one attached hydrogen (secondary N) is 1. The fraction of sp³-hybridized carbons (Fsp3) is 0.318. The van der Waals surface area contributed by atoms with Gasteiger partial charge in [-0.15, -0.1) is 0 Å². The van der Waals surface area contributed by atoms with Gasteiger partial charge in [0.1, 0.15) is 6.04 Å². The Balaban J connectivity index is 1.95. The molecule has 0 saturated heterocycles. The molecule has 0 bridgehead atoms. The van der Waals surface area contributed by atoms with Crippen molar-refractivity contribution in [3.8, 4) is 0 Å². The number of anilines is 1. The zero-order valence-electron chi connectivity index (χ0n) is 18.2. The SMILES string of the molecule is CC(=O)N1Cc2cc([S+]=O)ccc2C1C(=O)Nc1ccc(C(CC(=O)O)(C(F)(F)F)C(F)(F)F)cc1. The van der Waals surface area contributed by atoms with Crippen LogP contribution in [-0.2, 0) is 42.2 Å². The van der Waals surface area contributed by atoms with Gasteiger partial charge in [0.05, 0.1) is 6.42 Å². The maximum atomic E-state index is 13.6. The molecular weight excluding hydrogens is 518 g/mol. The monoisotopic (exact) mass is 535 g/mol. The van der Waals surface area contributed by atoms with Gasteiger partial charge >= 0.3 is 30.0 Å². The van der Waals surface area contributed by atoms with E-state index >= 15 is 0 Å². The maximum Gasteiger partial charge on any atom is 0.505 e. The highest BCUT2D eigenvalue weighted by molar-refractivity contribution is 7.65. The van der Waals surface area contributed by atoms with Crippen LogP contribution in [0, 0.1) is 0 Å². The predicted octanol–water partition coefficient (Wildman–Crippen LogP) is 4.35. The molecule has 14 heteroatoms. The van der Waals surface area contributed by atoms with Gasteiger partial charge in [0.25, 0.3) is 10.8 Å². The molecule has 192 valence electrons. The Hall–Kier alpha value is -3.55. The van der Waals surface area contributed by atoms with Crippen LogP contribution >= 0.6 is 0 Å². The molecule has 1 aliphatic heterocycles. The van der Waals surface area contributed by atoms with Gasteiger partial charge in [0.2, 0.25) is 5.91 Å². The third-order valence-electron chi connectivity index (χ3n) is 5.84. The van der Waals surface area contributed by atoms with Crippen molar-refractivity contribution in [2.45, 2.75) is 48.6 Å². The number of hydrogen-bond donors (Lipinski definition) is 2. The normalized spacial score (nSPS) is 15.9. The second-order valence-electron chi connectivity index (χ2n) is 8.03. The lowest BCUT2D eigenvalue weighted by Gasteiger charge is -2.36. The van der Waals surface area contributed by atoms with Gasteiger partial charge in [0, 0.05) is 35.5 Å². The highest BCUT2D eigenvalue weighted by atomic mass is 32.1. The molecule has 0 saturated carbocycles. The Kier molecular flexibility index (Phi) is 7.12. The van der Waals surface area contributed by atoms with Crippen LogP contribution in [0.1, 0.15) is 36.1 Å². The second-order valence-corrected chi connectivity index (χ2v) is 8.67. The summed E-state index contributed by atoms with van der Waals surface area (Å²) < 4.78 is 92.9.